The molecule has 3 aromatic heterocycles. The van der Waals surface area contributed by atoms with Gasteiger partial charge in [-0.1, -0.05) is 31.1 Å². The fourth-order valence-electron chi connectivity index (χ4n) is 4.80. The second kappa shape index (κ2) is 10.2. The van der Waals surface area contributed by atoms with Crippen molar-refractivity contribution in [1.82, 2.24) is 24.1 Å². The number of aromatic nitrogens is 5. The highest BCUT2D eigenvalue weighted by Crippen LogP contribution is 2.37. The lowest BCUT2D eigenvalue weighted by atomic mass is 9.93. The van der Waals surface area contributed by atoms with E-state index in [1.807, 2.05) is 28.7 Å². The van der Waals surface area contributed by atoms with Gasteiger partial charge in [0, 0.05) is 53.9 Å². The largest absolute Gasteiger partial charge is 0.617 e. The number of nitrogens with one attached hydrogen (secondary N) is 1. The fourth-order valence-corrected chi connectivity index (χ4v) is 6.60. The Bertz CT molecular complexity index is 1410. The van der Waals surface area contributed by atoms with Crippen molar-refractivity contribution >= 4 is 51.2 Å². The number of hydrogen-bond acceptors (Lipinski definition) is 8. The van der Waals surface area contributed by atoms with Crippen LogP contribution in [-0.2, 0) is 11.2 Å². The van der Waals surface area contributed by atoms with E-state index >= 15 is 0 Å². The third kappa shape index (κ3) is 5.42. The minimum absolute atomic E-state index is 0.383. The van der Waals surface area contributed by atoms with Gasteiger partial charge in [-0.3, -0.25) is 0 Å². The van der Waals surface area contributed by atoms with E-state index in [0.717, 1.165) is 35.6 Å². The molecule has 1 aliphatic heterocycles. The van der Waals surface area contributed by atoms with Crippen molar-refractivity contribution in [2.45, 2.75) is 37.9 Å². The van der Waals surface area contributed by atoms with Crippen molar-refractivity contribution < 1.29 is 4.55 Å². The zero-order valence-electron chi connectivity index (χ0n) is 21.3. The van der Waals surface area contributed by atoms with Gasteiger partial charge in [-0.2, -0.15) is 5.10 Å². The quantitative estimate of drug-likeness (QED) is 0.292. The monoisotopic (exact) mass is 533 g/mol. The molecule has 8 nitrogen and oxygen atoms in total. The van der Waals surface area contributed by atoms with E-state index in [9.17, 15) is 4.55 Å². The summed E-state index contributed by atoms with van der Waals surface area (Å²) >= 11 is 1.00. The molecule has 1 atom stereocenters. The minimum atomic E-state index is -0.752. The summed E-state index contributed by atoms with van der Waals surface area (Å²) in [5, 5.41) is 10.9. The predicted molar refractivity (Wildman–Crippen MR) is 153 cm³/mol. The van der Waals surface area contributed by atoms with E-state index in [2.05, 4.69) is 52.3 Å². The van der Waals surface area contributed by atoms with Crippen molar-refractivity contribution in [3.05, 3.63) is 54.6 Å². The van der Waals surface area contributed by atoms with Crippen LogP contribution in [0.2, 0.25) is 0 Å². The molecule has 2 aliphatic rings. The van der Waals surface area contributed by atoms with Gasteiger partial charge in [-0.05, 0) is 59.9 Å². The standard InChI is InChI=1S/C27H31N7OS2/c1-17(2)21-6-7-24(33-13-18(14-33)16-37(3)35)23-12-29-26(10-22(21)23)31-25-8-9-28-27(32-25)19-11-30-34(15-19)36-20-4-5-20/h6-12,15,17-18,20H,4-5,13-14,16H2,1-3H3,(H,28,29,31,32). The van der Waals surface area contributed by atoms with Crippen molar-refractivity contribution in [2.75, 3.05) is 35.3 Å². The molecule has 192 valence electrons. The number of benzene rings is 1. The Hall–Kier alpha value is -2.82. The van der Waals surface area contributed by atoms with E-state index < -0.39 is 11.2 Å². The summed E-state index contributed by atoms with van der Waals surface area (Å²) in [6.07, 6.45) is 11.8. The zero-order valence-corrected chi connectivity index (χ0v) is 22.9. The summed E-state index contributed by atoms with van der Waals surface area (Å²) in [6, 6.07) is 8.43. The van der Waals surface area contributed by atoms with Gasteiger partial charge < -0.3 is 14.8 Å². The third-order valence-electron chi connectivity index (χ3n) is 6.81. The SMILES string of the molecule is CC(C)c1ccc(N2CC(C[S+](C)[O-])C2)c2cnc(Nc3ccnc(-c4cnn(SC5CC5)c4)n3)cc12. The Kier molecular flexibility index (Phi) is 6.73. The van der Waals surface area contributed by atoms with E-state index in [0.29, 0.717) is 28.7 Å². The van der Waals surface area contributed by atoms with Crippen LogP contribution < -0.4 is 10.2 Å². The highest BCUT2D eigenvalue weighted by molar-refractivity contribution is 7.98. The maximum atomic E-state index is 11.6. The minimum Gasteiger partial charge on any atom is -0.617 e. The van der Waals surface area contributed by atoms with Gasteiger partial charge in [-0.15, -0.1) is 0 Å². The molecular weight excluding hydrogens is 502 g/mol. The molecule has 37 heavy (non-hydrogen) atoms. The van der Waals surface area contributed by atoms with Gasteiger partial charge in [0.2, 0.25) is 0 Å². The lowest BCUT2D eigenvalue weighted by Gasteiger charge is -2.41. The van der Waals surface area contributed by atoms with Crippen molar-refractivity contribution in [3.63, 3.8) is 0 Å². The van der Waals surface area contributed by atoms with Crippen LogP contribution in [0.5, 0.6) is 0 Å². The summed E-state index contributed by atoms with van der Waals surface area (Å²) in [5.74, 6) is 3.73. The molecule has 6 rings (SSSR count). The average Bonchev–Trinajstić information content (AvgIpc) is 3.54. The van der Waals surface area contributed by atoms with Crippen LogP contribution in [0.4, 0.5) is 17.3 Å². The van der Waals surface area contributed by atoms with Gasteiger partial charge in [-0.25, -0.2) is 19.0 Å². The van der Waals surface area contributed by atoms with E-state index in [-0.39, 0.29) is 0 Å². The topological polar surface area (TPSA) is 94.8 Å². The lowest BCUT2D eigenvalue weighted by Crippen LogP contribution is -2.49. The first-order valence-electron chi connectivity index (χ1n) is 12.7. The molecule has 0 bridgehead atoms. The molecular formula is C27H31N7OS2. The molecule has 1 unspecified atom stereocenters. The van der Waals surface area contributed by atoms with Crippen LogP contribution in [0.15, 0.2) is 49.1 Å². The molecule has 0 radical (unpaired) electrons. The molecule has 1 saturated carbocycles. The average molecular weight is 534 g/mol. The van der Waals surface area contributed by atoms with Crippen LogP contribution in [-0.4, -0.2) is 59.0 Å². The first-order valence-corrected chi connectivity index (χ1v) is 15.3. The number of nitrogens with zero attached hydrogens (tertiary/aromatic N) is 6. The smallest absolute Gasteiger partial charge is 0.164 e. The number of anilines is 3. The van der Waals surface area contributed by atoms with Crippen LogP contribution in [0.25, 0.3) is 22.2 Å². The first-order chi connectivity index (χ1) is 17.9. The second-order valence-corrected chi connectivity index (χ2v) is 13.0. The predicted octanol–water partition coefficient (Wildman–Crippen LogP) is 5.23. The molecule has 1 aliphatic carbocycles. The molecule has 10 heteroatoms. The van der Waals surface area contributed by atoms with Gasteiger partial charge in [0.25, 0.3) is 0 Å². The molecule has 4 heterocycles. The summed E-state index contributed by atoms with van der Waals surface area (Å²) in [7, 11) is 0. The van der Waals surface area contributed by atoms with Crippen LogP contribution in [0, 0.1) is 5.92 Å². The summed E-state index contributed by atoms with van der Waals surface area (Å²) < 4.78 is 13.5. The van der Waals surface area contributed by atoms with Crippen molar-refractivity contribution in [3.8, 4) is 11.4 Å². The lowest BCUT2D eigenvalue weighted by molar-refractivity contribution is 0.445. The first kappa shape index (κ1) is 24.5. The molecule has 4 aromatic rings. The van der Waals surface area contributed by atoms with Crippen LogP contribution in [0.1, 0.15) is 38.2 Å². The number of pyridine rings is 1. The van der Waals surface area contributed by atoms with Gasteiger partial charge in [0.1, 0.15) is 17.4 Å². The maximum Gasteiger partial charge on any atom is 0.164 e. The summed E-state index contributed by atoms with van der Waals surface area (Å²) in [5.41, 5.74) is 3.39. The van der Waals surface area contributed by atoms with Crippen molar-refractivity contribution in [2.24, 2.45) is 5.92 Å². The Morgan fingerprint density at radius 1 is 1.11 bits per heavy atom. The molecule has 0 spiro atoms. The number of rotatable bonds is 9. The summed E-state index contributed by atoms with van der Waals surface area (Å²) in [6.45, 7) is 6.32. The van der Waals surface area contributed by atoms with Crippen LogP contribution >= 0.6 is 11.9 Å². The molecule has 0 amide bonds. The highest BCUT2D eigenvalue weighted by Gasteiger charge is 2.31. The fraction of sp³-hybridized carbons (Fsp3) is 0.407. The maximum absolute atomic E-state index is 11.6. The Labute approximate surface area is 224 Å². The number of fused-ring (bicyclic) bond motifs is 1. The third-order valence-corrected chi connectivity index (χ3v) is 8.94. The van der Waals surface area contributed by atoms with E-state index in [1.165, 1.54) is 29.5 Å². The summed E-state index contributed by atoms with van der Waals surface area (Å²) in [4.78, 5) is 16.3. The second-order valence-electron chi connectivity index (χ2n) is 10.3. The zero-order chi connectivity index (χ0) is 25.5. The Morgan fingerprint density at radius 3 is 2.70 bits per heavy atom. The van der Waals surface area contributed by atoms with Gasteiger partial charge in [0.15, 0.2) is 5.82 Å². The molecule has 1 aromatic carbocycles. The number of hydrogen-bond donors (Lipinski definition) is 1. The molecule has 1 N–H and O–H groups in total. The highest BCUT2D eigenvalue weighted by atomic mass is 32.2. The van der Waals surface area contributed by atoms with Crippen molar-refractivity contribution in [1.29, 1.82) is 0 Å². The Balaban J connectivity index is 1.25. The Morgan fingerprint density at radius 2 is 1.95 bits per heavy atom. The normalized spacial score (nSPS) is 16.8. The van der Waals surface area contributed by atoms with Crippen LogP contribution in [0.3, 0.4) is 0 Å². The van der Waals surface area contributed by atoms with E-state index in [1.54, 1.807) is 24.4 Å². The van der Waals surface area contributed by atoms with Gasteiger partial charge in [0.05, 0.1) is 18.0 Å². The van der Waals surface area contributed by atoms with E-state index in [4.69, 9.17) is 9.97 Å². The molecule has 1 saturated heterocycles. The van der Waals surface area contributed by atoms with Gasteiger partial charge >= 0.3 is 0 Å². The molecule has 2 fully saturated rings.